The van der Waals surface area contributed by atoms with Gasteiger partial charge in [0.15, 0.2) is 0 Å². The first-order valence-corrected chi connectivity index (χ1v) is 5.63. The highest BCUT2D eigenvalue weighted by molar-refractivity contribution is 7.99. The summed E-state index contributed by atoms with van der Waals surface area (Å²) in [5, 5.41) is 4.38. The maximum absolute atomic E-state index is 4.34. The second-order valence-corrected chi connectivity index (χ2v) is 4.00. The number of pyridine rings is 1. The standard InChI is InChI=1S/C10H16N2S/c1-3-11-7-9-5-6-10(12-8-9)13-4-2/h5-6,8,11H,3-4,7H2,1-2H3. The van der Waals surface area contributed by atoms with Crippen LogP contribution in [0.1, 0.15) is 19.4 Å². The topological polar surface area (TPSA) is 24.9 Å². The van der Waals surface area contributed by atoms with Crippen LogP contribution in [0.5, 0.6) is 0 Å². The zero-order chi connectivity index (χ0) is 9.52. The molecule has 0 amide bonds. The van der Waals surface area contributed by atoms with Gasteiger partial charge in [-0.25, -0.2) is 4.98 Å². The Labute approximate surface area is 84.1 Å². The third-order valence-corrected chi connectivity index (χ3v) is 2.49. The van der Waals surface area contributed by atoms with Crippen LogP contribution in [0.15, 0.2) is 23.4 Å². The average Bonchev–Trinajstić information content (AvgIpc) is 2.17. The van der Waals surface area contributed by atoms with Gasteiger partial charge < -0.3 is 5.32 Å². The van der Waals surface area contributed by atoms with Crippen molar-refractivity contribution in [3.8, 4) is 0 Å². The van der Waals surface area contributed by atoms with Gasteiger partial charge in [0.2, 0.25) is 0 Å². The van der Waals surface area contributed by atoms with E-state index in [-0.39, 0.29) is 0 Å². The van der Waals surface area contributed by atoms with Crippen molar-refractivity contribution in [3.63, 3.8) is 0 Å². The lowest BCUT2D eigenvalue weighted by Gasteiger charge is -2.02. The van der Waals surface area contributed by atoms with Crippen molar-refractivity contribution < 1.29 is 0 Å². The van der Waals surface area contributed by atoms with Gasteiger partial charge in [0.25, 0.3) is 0 Å². The molecule has 0 fully saturated rings. The molecule has 2 nitrogen and oxygen atoms in total. The minimum atomic E-state index is 0.917. The van der Waals surface area contributed by atoms with Gasteiger partial charge in [-0.2, -0.15) is 0 Å². The van der Waals surface area contributed by atoms with Crippen LogP contribution in [0, 0.1) is 0 Å². The highest BCUT2D eigenvalue weighted by atomic mass is 32.2. The lowest BCUT2D eigenvalue weighted by molar-refractivity contribution is 0.723. The normalized spacial score (nSPS) is 10.3. The Hall–Kier alpha value is -0.540. The van der Waals surface area contributed by atoms with Crippen LogP contribution < -0.4 is 5.32 Å². The van der Waals surface area contributed by atoms with Gasteiger partial charge in [-0.05, 0) is 23.9 Å². The number of aromatic nitrogens is 1. The number of thioether (sulfide) groups is 1. The summed E-state index contributed by atoms with van der Waals surface area (Å²) in [6, 6.07) is 4.22. The quantitative estimate of drug-likeness (QED) is 0.731. The first-order chi connectivity index (χ1) is 6.36. The lowest BCUT2D eigenvalue weighted by Crippen LogP contribution is -2.11. The fraction of sp³-hybridized carbons (Fsp3) is 0.500. The van der Waals surface area contributed by atoms with Crippen molar-refractivity contribution >= 4 is 11.8 Å². The van der Waals surface area contributed by atoms with Gasteiger partial charge in [0, 0.05) is 12.7 Å². The molecule has 0 atom stereocenters. The molecular weight excluding hydrogens is 180 g/mol. The monoisotopic (exact) mass is 196 g/mol. The Morgan fingerprint density at radius 2 is 2.23 bits per heavy atom. The molecule has 13 heavy (non-hydrogen) atoms. The fourth-order valence-electron chi connectivity index (χ4n) is 1.02. The summed E-state index contributed by atoms with van der Waals surface area (Å²) in [6.45, 7) is 6.17. The van der Waals surface area contributed by atoms with E-state index in [1.54, 1.807) is 11.8 Å². The zero-order valence-electron chi connectivity index (χ0n) is 8.21. The second kappa shape index (κ2) is 6.00. The summed E-state index contributed by atoms with van der Waals surface area (Å²) in [5.74, 6) is 1.08. The molecule has 0 aliphatic heterocycles. The largest absolute Gasteiger partial charge is 0.313 e. The Bertz CT molecular complexity index is 233. The molecule has 1 aromatic heterocycles. The van der Waals surface area contributed by atoms with E-state index in [2.05, 4.69) is 36.3 Å². The molecular formula is C10H16N2S. The molecule has 0 saturated carbocycles. The summed E-state index contributed by atoms with van der Waals surface area (Å²) >= 11 is 1.78. The lowest BCUT2D eigenvalue weighted by atomic mass is 10.3. The van der Waals surface area contributed by atoms with E-state index >= 15 is 0 Å². The molecule has 3 heteroatoms. The molecule has 1 rings (SSSR count). The van der Waals surface area contributed by atoms with E-state index in [0.717, 1.165) is 23.9 Å². The Morgan fingerprint density at radius 1 is 1.38 bits per heavy atom. The van der Waals surface area contributed by atoms with Crippen molar-refractivity contribution in [2.45, 2.75) is 25.4 Å². The summed E-state index contributed by atoms with van der Waals surface area (Å²) in [7, 11) is 0. The maximum atomic E-state index is 4.34. The highest BCUT2D eigenvalue weighted by Crippen LogP contribution is 2.13. The minimum Gasteiger partial charge on any atom is -0.313 e. The number of rotatable bonds is 5. The first-order valence-electron chi connectivity index (χ1n) is 4.65. The average molecular weight is 196 g/mol. The van der Waals surface area contributed by atoms with E-state index in [0.29, 0.717) is 0 Å². The maximum Gasteiger partial charge on any atom is 0.0959 e. The minimum absolute atomic E-state index is 0.917. The Morgan fingerprint density at radius 3 is 2.77 bits per heavy atom. The van der Waals surface area contributed by atoms with Crippen LogP contribution in [0.2, 0.25) is 0 Å². The fourth-order valence-corrected chi connectivity index (χ4v) is 1.61. The van der Waals surface area contributed by atoms with Gasteiger partial charge in [-0.15, -0.1) is 11.8 Å². The molecule has 0 unspecified atom stereocenters. The number of hydrogen-bond donors (Lipinski definition) is 1. The predicted octanol–water partition coefficient (Wildman–Crippen LogP) is 2.30. The summed E-state index contributed by atoms with van der Waals surface area (Å²) in [4.78, 5) is 4.34. The van der Waals surface area contributed by atoms with Gasteiger partial charge in [-0.3, -0.25) is 0 Å². The van der Waals surface area contributed by atoms with E-state index in [4.69, 9.17) is 0 Å². The summed E-state index contributed by atoms with van der Waals surface area (Å²) in [6.07, 6.45) is 1.95. The molecule has 0 aliphatic carbocycles. The van der Waals surface area contributed by atoms with Gasteiger partial charge in [0.05, 0.1) is 5.03 Å². The molecule has 1 aromatic rings. The van der Waals surface area contributed by atoms with Crippen molar-refractivity contribution in [2.24, 2.45) is 0 Å². The van der Waals surface area contributed by atoms with Crippen LogP contribution in [-0.4, -0.2) is 17.3 Å². The van der Waals surface area contributed by atoms with E-state index in [1.807, 2.05) is 6.20 Å². The molecule has 0 radical (unpaired) electrons. The highest BCUT2D eigenvalue weighted by Gasteiger charge is 1.94. The molecule has 1 N–H and O–H groups in total. The summed E-state index contributed by atoms with van der Waals surface area (Å²) in [5.41, 5.74) is 1.25. The van der Waals surface area contributed by atoms with Crippen molar-refractivity contribution in [2.75, 3.05) is 12.3 Å². The van der Waals surface area contributed by atoms with E-state index < -0.39 is 0 Å². The second-order valence-electron chi connectivity index (χ2n) is 2.72. The van der Waals surface area contributed by atoms with Crippen LogP contribution >= 0.6 is 11.8 Å². The molecule has 0 bridgehead atoms. The Balaban J connectivity index is 2.48. The van der Waals surface area contributed by atoms with Gasteiger partial charge in [0.1, 0.15) is 0 Å². The molecule has 72 valence electrons. The first kappa shape index (κ1) is 10.5. The number of nitrogens with one attached hydrogen (secondary N) is 1. The van der Waals surface area contributed by atoms with Gasteiger partial charge in [-0.1, -0.05) is 19.9 Å². The molecule has 0 aliphatic rings. The van der Waals surface area contributed by atoms with Crippen molar-refractivity contribution in [3.05, 3.63) is 23.9 Å². The zero-order valence-corrected chi connectivity index (χ0v) is 9.03. The molecule has 0 aromatic carbocycles. The predicted molar refractivity (Wildman–Crippen MR) is 58.0 cm³/mol. The number of hydrogen-bond acceptors (Lipinski definition) is 3. The number of nitrogens with zero attached hydrogens (tertiary/aromatic N) is 1. The van der Waals surface area contributed by atoms with E-state index in [1.165, 1.54) is 5.56 Å². The van der Waals surface area contributed by atoms with Crippen LogP contribution in [0.3, 0.4) is 0 Å². The Kier molecular flexibility index (Phi) is 4.86. The van der Waals surface area contributed by atoms with Gasteiger partial charge >= 0.3 is 0 Å². The SMILES string of the molecule is CCNCc1ccc(SCC)nc1. The molecule has 0 saturated heterocycles. The van der Waals surface area contributed by atoms with E-state index in [9.17, 15) is 0 Å². The van der Waals surface area contributed by atoms with Crippen LogP contribution in [0.4, 0.5) is 0 Å². The smallest absolute Gasteiger partial charge is 0.0959 e. The van der Waals surface area contributed by atoms with Crippen LogP contribution in [-0.2, 0) is 6.54 Å². The third-order valence-electron chi connectivity index (χ3n) is 1.67. The van der Waals surface area contributed by atoms with Crippen molar-refractivity contribution in [1.29, 1.82) is 0 Å². The summed E-state index contributed by atoms with van der Waals surface area (Å²) < 4.78 is 0. The molecule has 0 spiro atoms. The third kappa shape index (κ3) is 3.79. The van der Waals surface area contributed by atoms with Crippen LogP contribution in [0.25, 0.3) is 0 Å². The molecule has 1 heterocycles. The van der Waals surface area contributed by atoms with Crippen molar-refractivity contribution in [1.82, 2.24) is 10.3 Å².